The summed E-state index contributed by atoms with van der Waals surface area (Å²) in [6.45, 7) is 12.0. The van der Waals surface area contributed by atoms with Crippen LogP contribution in [0.15, 0.2) is 35.6 Å². The normalized spacial score (nSPS) is 11.8. The number of aliphatic imine (C=N–C) groups is 1. The average molecular weight is 372 g/mol. The number of guanidine groups is 1. The molecule has 7 heteroatoms. The van der Waals surface area contributed by atoms with Crippen LogP contribution >= 0.6 is 0 Å². The maximum Gasteiger partial charge on any atom is 0.191 e. The van der Waals surface area contributed by atoms with Gasteiger partial charge in [-0.25, -0.2) is 0 Å². The summed E-state index contributed by atoms with van der Waals surface area (Å²) < 4.78 is 2.06. The number of nitrogens with one attached hydrogen (secondary N) is 2. The maximum atomic E-state index is 4.29. The minimum atomic E-state index is 0.748. The van der Waals surface area contributed by atoms with E-state index in [0.717, 1.165) is 57.5 Å². The SMILES string of the molecule is CCc1nncn1CCNC(=NC)NCc1ccc(CN(CC)CC)cc1. The van der Waals surface area contributed by atoms with Crippen LogP contribution in [0.1, 0.15) is 37.7 Å². The van der Waals surface area contributed by atoms with Crippen molar-refractivity contribution in [1.29, 1.82) is 0 Å². The van der Waals surface area contributed by atoms with Gasteiger partial charge in [0.05, 0.1) is 0 Å². The van der Waals surface area contributed by atoms with Gasteiger partial charge >= 0.3 is 0 Å². The molecule has 2 N–H and O–H groups in total. The van der Waals surface area contributed by atoms with E-state index in [1.807, 2.05) is 0 Å². The van der Waals surface area contributed by atoms with Crippen LogP contribution < -0.4 is 10.6 Å². The van der Waals surface area contributed by atoms with Crippen LogP contribution in [0, 0.1) is 0 Å². The Bertz CT molecular complexity index is 687. The summed E-state index contributed by atoms with van der Waals surface area (Å²) in [6, 6.07) is 8.79. The predicted molar refractivity (Wildman–Crippen MR) is 111 cm³/mol. The van der Waals surface area contributed by atoms with E-state index < -0.39 is 0 Å². The molecular weight excluding hydrogens is 338 g/mol. The second-order valence-electron chi connectivity index (χ2n) is 6.42. The molecule has 0 aliphatic rings. The summed E-state index contributed by atoms with van der Waals surface area (Å²) in [5.74, 6) is 1.80. The minimum Gasteiger partial charge on any atom is -0.355 e. The first-order chi connectivity index (χ1) is 13.2. The molecule has 0 unspecified atom stereocenters. The van der Waals surface area contributed by atoms with Crippen LogP contribution in [0.2, 0.25) is 0 Å². The van der Waals surface area contributed by atoms with Crippen molar-refractivity contribution in [2.75, 3.05) is 26.7 Å². The Morgan fingerprint density at radius 2 is 1.78 bits per heavy atom. The van der Waals surface area contributed by atoms with Crippen molar-refractivity contribution in [3.63, 3.8) is 0 Å². The Morgan fingerprint density at radius 1 is 1.07 bits per heavy atom. The van der Waals surface area contributed by atoms with Gasteiger partial charge in [-0.15, -0.1) is 10.2 Å². The van der Waals surface area contributed by atoms with Gasteiger partial charge in [0.25, 0.3) is 0 Å². The Hall–Kier alpha value is -2.41. The topological polar surface area (TPSA) is 70.4 Å². The van der Waals surface area contributed by atoms with Crippen LogP contribution in [-0.4, -0.2) is 52.3 Å². The van der Waals surface area contributed by atoms with E-state index in [-0.39, 0.29) is 0 Å². The summed E-state index contributed by atoms with van der Waals surface area (Å²) in [6.07, 6.45) is 2.66. The summed E-state index contributed by atoms with van der Waals surface area (Å²) >= 11 is 0. The molecule has 148 valence electrons. The molecule has 1 aromatic heterocycles. The quantitative estimate of drug-likeness (QED) is 0.494. The zero-order chi connectivity index (χ0) is 19.5. The molecule has 0 aliphatic heterocycles. The third kappa shape index (κ3) is 6.67. The summed E-state index contributed by atoms with van der Waals surface area (Å²) in [7, 11) is 1.79. The first-order valence-corrected chi connectivity index (χ1v) is 9.81. The minimum absolute atomic E-state index is 0.748. The van der Waals surface area contributed by atoms with Crippen molar-refractivity contribution in [3.8, 4) is 0 Å². The molecule has 2 rings (SSSR count). The van der Waals surface area contributed by atoms with Crippen LogP contribution in [0.25, 0.3) is 0 Å². The smallest absolute Gasteiger partial charge is 0.191 e. The highest BCUT2D eigenvalue weighted by atomic mass is 15.3. The first-order valence-electron chi connectivity index (χ1n) is 9.81. The fourth-order valence-corrected chi connectivity index (χ4v) is 2.91. The van der Waals surface area contributed by atoms with Crippen LogP contribution in [0.5, 0.6) is 0 Å². The Labute approximate surface area is 162 Å². The van der Waals surface area contributed by atoms with Crippen LogP contribution in [0.3, 0.4) is 0 Å². The molecule has 1 heterocycles. The van der Waals surface area contributed by atoms with Crippen molar-refractivity contribution in [2.24, 2.45) is 4.99 Å². The molecule has 0 spiro atoms. The molecule has 0 saturated heterocycles. The fraction of sp³-hybridized carbons (Fsp3) is 0.550. The third-order valence-corrected chi connectivity index (χ3v) is 4.66. The second kappa shape index (κ2) is 11.3. The van der Waals surface area contributed by atoms with Gasteiger partial charge in [-0.1, -0.05) is 45.0 Å². The number of hydrogen-bond acceptors (Lipinski definition) is 4. The number of aromatic nitrogens is 3. The van der Waals surface area contributed by atoms with Gasteiger partial charge < -0.3 is 15.2 Å². The van der Waals surface area contributed by atoms with Gasteiger partial charge in [0.1, 0.15) is 12.2 Å². The molecule has 0 saturated carbocycles. The van der Waals surface area contributed by atoms with Crippen LogP contribution in [-0.2, 0) is 26.1 Å². The zero-order valence-corrected chi connectivity index (χ0v) is 17.1. The number of hydrogen-bond donors (Lipinski definition) is 2. The molecule has 7 nitrogen and oxygen atoms in total. The van der Waals surface area contributed by atoms with E-state index in [0.29, 0.717) is 0 Å². The van der Waals surface area contributed by atoms with Crippen molar-refractivity contribution >= 4 is 5.96 Å². The lowest BCUT2D eigenvalue weighted by molar-refractivity contribution is 0.296. The largest absolute Gasteiger partial charge is 0.355 e. The zero-order valence-electron chi connectivity index (χ0n) is 17.1. The molecule has 1 aromatic carbocycles. The first kappa shape index (κ1) is 20.9. The van der Waals surface area contributed by atoms with E-state index in [4.69, 9.17) is 0 Å². The van der Waals surface area contributed by atoms with E-state index in [9.17, 15) is 0 Å². The van der Waals surface area contributed by atoms with Crippen molar-refractivity contribution < 1.29 is 0 Å². The summed E-state index contributed by atoms with van der Waals surface area (Å²) in [5, 5.41) is 14.8. The predicted octanol–water partition coefficient (Wildman–Crippen LogP) is 2.05. The van der Waals surface area contributed by atoms with Gasteiger partial charge in [0.2, 0.25) is 0 Å². The standard InChI is InChI=1S/C20H33N7/c1-5-19-25-24-16-27(19)13-12-22-20(21-4)23-14-17-8-10-18(11-9-17)15-26(6-2)7-3/h8-11,16H,5-7,12-15H2,1-4H3,(H2,21,22,23). The maximum absolute atomic E-state index is 4.29. The summed E-state index contributed by atoms with van der Waals surface area (Å²) in [4.78, 5) is 6.71. The molecular formula is C20H33N7. The molecule has 0 bridgehead atoms. The van der Waals surface area contributed by atoms with E-state index in [1.165, 1.54) is 11.1 Å². The number of aryl methyl sites for hydroxylation is 1. The van der Waals surface area contributed by atoms with Gasteiger partial charge in [0.15, 0.2) is 5.96 Å². The number of nitrogens with zero attached hydrogens (tertiary/aromatic N) is 5. The Kier molecular flexibility index (Phi) is 8.77. The molecule has 0 fully saturated rings. The van der Waals surface area contributed by atoms with E-state index >= 15 is 0 Å². The highest BCUT2D eigenvalue weighted by molar-refractivity contribution is 5.79. The second-order valence-corrected chi connectivity index (χ2v) is 6.42. The lowest BCUT2D eigenvalue weighted by Crippen LogP contribution is -2.38. The van der Waals surface area contributed by atoms with Gasteiger partial charge in [0, 0.05) is 39.6 Å². The van der Waals surface area contributed by atoms with Crippen molar-refractivity contribution in [1.82, 2.24) is 30.3 Å². The lowest BCUT2D eigenvalue weighted by atomic mass is 10.1. The van der Waals surface area contributed by atoms with Gasteiger partial charge in [-0.2, -0.15) is 0 Å². The molecule has 0 aliphatic carbocycles. The highest BCUT2D eigenvalue weighted by Crippen LogP contribution is 2.07. The molecule has 0 atom stereocenters. The molecule has 2 aromatic rings. The lowest BCUT2D eigenvalue weighted by Gasteiger charge is -2.18. The van der Waals surface area contributed by atoms with E-state index in [1.54, 1.807) is 13.4 Å². The monoisotopic (exact) mass is 371 g/mol. The molecule has 27 heavy (non-hydrogen) atoms. The number of rotatable bonds is 10. The fourth-order valence-electron chi connectivity index (χ4n) is 2.91. The van der Waals surface area contributed by atoms with E-state index in [2.05, 4.69) is 80.3 Å². The third-order valence-electron chi connectivity index (χ3n) is 4.66. The molecule has 0 amide bonds. The van der Waals surface area contributed by atoms with Crippen molar-refractivity contribution in [3.05, 3.63) is 47.5 Å². The Balaban J connectivity index is 1.76. The van der Waals surface area contributed by atoms with Crippen LogP contribution in [0.4, 0.5) is 0 Å². The number of benzene rings is 1. The summed E-state index contributed by atoms with van der Waals surface area (Å²) in [5.41, 5.74) is 2.60. The van der Waals surface area contributed by atoms with Gasteiger partial charge in [-0.05, 0) is 24.2 Å². The Morgan fingerprint density at radius 3 is 2.41 bits per heavy atom. The average Bonchev–Trinajstić information content (AvgIpc) is 3.17. The van der Waals surface area contributed by atoms with Gasteiger partial charge in [-0.3, -0.25) is 9.89 Å². The molecule has 0 radical (unpaired) electrons. The van der Waals surface area contributed by atoms with Crippen molar-refractivity contribution in [2.45, 2.75) is 46.8 Å². The highest BCUT2D eigenvalue weighted by Gasteiger charge is 2.04.